The summed E-state index contributed by atoms with van der Waals surface area (Å²) in [7, 11) is 0. The Balaban J connectivity index is 1.67. The molecule has 10 nitrogen and oxygen atoms in total. The Morgan fingerprint density at radius 2 is 1.93 bits per heavy atom. The number of nitrogens with zero attached hydrogens (tertiary/aromatic N) is 2. The number of amides is 3. The van der Waals surface area contributed by atoms with Crippen molar-refractivity contribution in [2.24, 2.45) is 11.8 Å². The fourth-order valence-corrected chi connectivity index (χ4v) is 7.87. The number of hydrogen-bond acceptors (Lipinski definition) is 7. The summed E-state index contributed by atoms with van der Waals surface area (Å²) >= 11 is 3.71. The van der Waals surface area contributed by atoms with Gasteiger partial charge in [-0.05, 0) is 52.0 Å². The van der Waals surface area contributed by atoms with Crippen molar-refractivity contribution < 1.29 is 33.8 Å². The Bertz CT molecular complexity index is 1270. The highest BCUT2D eigenvalue weighted by Crippen LogP contribution is 2.60. The molecule has 246 valence electrons. The fourth-order valence-electron chi connectivity index (χ4n) is 6.93. The first-order valence-corrected chi connectivity index (χ1v) is 16.6. The third kappa shape index (κ3) is 7.05. The van der Waals surface area contributed by atoms with Crippen LogP contribution in [0.5, 0.6) is 0 Å². The minimum atomic E-state index is -1.23. The number of carbonyl (C=O) groups excluding carboxylic acids is 4. The number of aliphatic hydroxyl groups is 1. The lowest BCUT2D eigenvalue weighted by atomic mass is 9.70. The largest absolute Gasteiger partial charge is 0.455 e. The third-order valence-corrected chi connectivity index (χ3v) is 9.82. The van der Waals surface area contributed by atoms with Gasteiger partial charge in [-0.25, -0.2) is 0 Å². The fraction of sp³-hybridized carbons (Fsp3) is 0.588. The molecule has 45 heavy (non-hydrogen) atoms. The monoisotopic (exact) mass is 687 g/mol. The Morgan fingerprint density at radius 3 is 2.56 bits per heavy atom. The van der Waals surface area contributed by atoms with E-state index in [4.69, 9.17) is 9.47 Å². The number of unbranched alkanes of at least 4 members (excludes halogenated alkanes) is 1. The van der Waals surface area contributed by atoms with Crippen molar-refractivity contribution in [3.8, 4) is 0 Å². The highest BCUT2D eigenvalue weighted by Gasteiger charge is 2.77. The van der Waals surface area contributed by atoms with Gasteiger partial charge in [-0.1, -0.05) is 58.4 Å². The summed E-state index contributed by atoms with van der Waals surface area (Å²) in [6, 6.07) is 8.18. The average Bonchev–Trinajstić information content (AvgIpc) is 3.59. The predicted molar refractivity (Wildman–Crippen MR) is 173 cm³/mol. The zero-order valence-corrected chi connectivity index (χ0v) is 28.0. The zero-order chi connectivity index (χ0) is 32.9. The molecule has 1 aromatic carbocycles. The van der Waals surface area contributed by atoms with Crippen LogP contribution in [-0.2, 0) is 28.7 Å². The van der Waals surface area contributed by atoms with E-state index in [1.807, 2.05) is 51.1 Å². The summed E-state index contributed by atoms with van der Waals surface area (Å²) in [5, 5.41) is 12.3. The van der Waals surface area contributed by atoms with Crippen LogP contribution >= 0.6 is 15.9 Å². The molecule has 11 heteroatoms. The molecule has 3 aliphatic rings. The number of rotatable bonds is 15. The lowest BCUT2D eigenvalue weighted by Gasteiger charge is -2.42. The highest BCUT2D eigenvalue weighted by molar-refractivity contribution is 9.09. The molecule has 1 unspecified atom stereocenters. The van der Waals surface area contributed by atoms with Gasteiger partial charge in [0.1, 0.15) is 17.7 Å². The molecule has 2 N–H and O–H groups in total. The molecule has 2 bridgehead atoms. The van der Waals surface area contributed by atoms with Crippen LogP contribution < -0.4 is 5.32 Å². The van der Waals surface area contributed by atoms with Crippen molar-refractivity contribution >= 4 is 39.6 Å². The topological polar surface area (TPSA) is 125 Å². The Hall–Kier alpha value is -3.02. The van der Waals surface area contributed by atoms with E-state index in [1.54, 1.807) is 22.0 Å². The second kappa shape index (κ2) is 14.6. The van der Waals surface area contributed by atoms with E-state index in [2.05, 4.69) is 34.4 Å². The first-order chi connectivity index (χ1) is 21.4. The number of nitrogens with one attached hydrogen (secondary N) is 1. The SMILES string of the molecule is C=CCCC(=O)NC[C@H](OC(=O)[C@@H]1[C@H]2O[C@@]3(CC2Br)[C@H](C(=O)N(CC=C)C(C)(C)C)N(CCCCO)C(=O)[C@@H]13)c1ccccc1. The van der Waals surface area contributed by atoms with E-state index in [0.29, 0.717) is 31.2 Å². The van der Waals surface area contributed by atoms with Crippen molar-refractivity contribution in [1.29, 1.82) is 0 Å². The molecular formula is C34H46BrN3O7. The number of allylic oxidation sites excluding steroid dienone is 1. The molecule has 1 aromatic rings. The molecule has 0 aromatic heterocycles. The van der Waals surface area contributed by atoms with E-state index in [9.17, 15) is 24.3 Å². The van der Waals surface area contributed by atoms with Gasteiger partial charge < -0.3 is 29.7 Å². The van der Waals surface area contributed by atoms with Crippen LogP contribution in [-0.4, -0.2) is 93.0 Å². The Labute approximate surface area is 274 Å². The summed E-state index contributed by atoms with van der Waals surface area (Å²) in [5.41, 5.74) is -1.10. The highest BCUT2D eigenvalue weighted by atomic mass is 79.9. The quantitative estimate of drug-likeness (QED) is 0.125. The van der Waals surface area contributed by atoms with Gasteiger partial charge in [0.2, 0.25) is 17.7 Å². The van der Waals surface area contributed by atoms with Gasteiger partial charge in [0.15, 0.2) is 0 Å². The van der Waals surface area contributed by atoms with Crippen molar-refractivity contribution in [3.05, 3.63) is 61.2 Å². The number of likely N-dealkylation sites (tertiary alicyclic amines) is 1. The van der Waals surface area contributed by atoms with Gasteiger partial charge in [-0.2, -0.15) is 0 Å². The standard InChI is InChI=1S/C34H46BrN3O7/c1-6-8-16-25(40)36-21-24(22-14-10-9-11-15-22)44-32(43)26-27-30(41)37(18-12-13-19-39)29(34(27)20-23(35)28(26)45-34)31(42)38(17-7-2)33(3,4)5/h6-7,9-11,14-15,23-24,26-29,39H,1-2,8,12-13,16-21H2,3-5H3,(H,36,40)/t23?,24-,26-,27+,28-,29-,34+/m0/s1. The molecule has 7 atom stereocenters. The molecule has 1 spiro atoms. The number of aliphatic hydroxyl groups excluding tert-OH is 1. The maximum atomic E-state index is 14.4. The molecular weight excluding hydrogens is 642 g/mol. The molecule has 3 heterocycles. The van der Waals surface area contributed by atoms with E-state index in [-0.39, 0.29) is 55.2 Å². The molecule has 0 radical (unpaired) electrons. The van der Waals surface area contributed by atoms with E-state index < -0.39 is 47.2 Å². The average molecular weight is 689 g/mol. The van der Waals surface area contributed by atoms with Crippen LogP contribution in [0.3, 0.4) is 0 Å². The molecule has 4 rings (SSSR count). The minimum absolute atomic E-state index is 0.0399. The zero-order valence-electron chi connectivity index (χ0n) is 26.5. The number of halogens is 1. The number of ether oxygens (including phenoxy) is 2. The first-order valence-electron chi connectivity index (χ1n) is 15.7. The van der Waals surface area contributed by atoms with Crippen LogP contribution in [0.15, 0.2) is 55.6 Å². The number of carbonyl (C=O) groups is 4. The van der Waals surface area contributed by atoms with Crippen LogP contribution in [0.2, 0.25) is 0 Å². The summed E-state index contributed by atoms with van der Waals surface area (Å²) in [5.74, 6) is -3.27. The molecule has 0 aliphatic carbocycles. The number of benzene rings is 1. The van der Waals surface area contributed by atoms with Crippen LogP contribution in [0.25, 0.3) is 0 Å². The summed E-state index contributed by atoms with van der Waals surface area (Å²) in [6.45, 7) is 13.8. The van der Waals surface area contributed by atoms with Gasteiger partial charge in [-0.3, -0.25) is 19.2 Å². The lowest BCUT2D eigenvalue weighted by molar-refractivity contribution is -0.160. The second-order valence-electron chi connectivity index (χ2n) is 13.0. The van der Waals surface area contributed by atoms with Crippen LogP contribution in [0.1, 0.15) is 64.5 Å². The van der Waals surface area contributed by atoms with Crippen LogP contribution in [0.4, 0.5) is 0 Å². The van der Waals surface area contributed by atoms with Gasteiger partial charge in [0.05, 0.1) is 24.5 Å². The van der Waals surface area contributed by atoms with Crippen molar-refractivity contribution in [3.63, 3.8) is 0 Å². The van der Waals surface area contributed by atoms with Crippen molar-refractivity contribution in [1.82, 2.24) is 15.1 Å². The number of hydrogen-bond donors (Lipinski definition) is 2. The predicted octanol–water partition coefficient (Wildman–Crippen LogP) is 3.69. The molecule has 3 amide bonds. The third-order valence-electron chi connectivity index (χ3n) is 8.98. The Kier molecular flexibility index (Phi) is 11.3. The van der Waals surface area contributed by atoms with Gasteiger partial charge >= 0.3 is 5.97 Å². The summed E-state index contributed by atoms with van der Waals surface area (Å²) < 4.78 is 12.7. The maximum absolute atomic E-state index is 14.4. The first kappa shape index (κ1) is 34.8. The van der Waals surface area contributed by atoms with E-state index in [1.165, 1.54) is 0 Å². The molecule has 3 fully saturated rings. The number of esters is 1. The summed E-state index contributed by atoms with van der Waals surface area (Å²) in [6.07, 6.45) is 3.96. The van der Waals surface area contributed by atoms with E-state index >= 15 is 0 Å². The van der Waals surface area contributed by atoms with Crippen molar-refractivity contribution in [2.75, 3.05) is 26.2 Å². The number of alkyl halides is 1. The maximum Gasteiger partial charge on any atom is 0.313 e. The normalized spacial score (nSPS) is 27.5. The molecule has 3 saturated heterocycles. The number of fused-ring (bicyclic) bond motifs is 1. The second-order valence-corrected chi connectivity index (χ2v) is 14.2. The lowest BCUT2D eigenvalue weighted by Crippen LogP contribution is -2.60. The summed E-state index contributed by atoms with van der Waals surface area (Å²) in [4.78, 5) is 58.3. The Morgan fingerprint density at radius 1 is 1.22 bits per heavy atom. The van der Waals surface area contributed by atoms with Crippen LogP contribution in [0, 0.1) is 11.8 Å². The minimum Gasteiger partial charge on any atom is -0.455 e. The molecule has 0 saturated carbocycles. The van der Waals surface area contributed by atoms with E-state index in [0.717, 1.165) is 0 Å². The van der Waals surface area contributed by atoms with Gasteiger partial charge in [0, 0.05) is 36.5 Å². The van der Waals surface area contributed by atoms with Gasteiger partial charge in [0.25, 0.3) is 0 Å². The van der Waals surface area contributed by atoms with Gasteiger partial charge in [-0.15, -0.1) is 13.2 Å². The molecule has 3 aliphatic heterocycles. The smallest absolute Gasteiger partial charge is 0.313 e. The van der Waals surface area contributed by atoms with Crippen molar-refractivity contribution in [2.45, 2.75) is 87.1 Å².